The highest BCUT2D eigenvalue weighted by atomic mass is 16.5. The molecule has 0 fully saturated rings. The van der Waals surface area contributed by atoms with Crippen molar-refractivity contribution in [1.82, 2.24) is 10.6 Å². The summed E-state index contributed by atoms with van der Waals surface area (Å²) in [4.78, 5) is 25.0. The quantitative estimate of drug-likeness (QED) is 0.628. The molecule has 0 aliphatic heterocycles. The van der Waals surface area contributed by atoms with Gasteiger partial charge in [-0.1, -0.05) is 18.2 Å². The Morgan fingerprint density at radius 1 is 0.923 bits per heavy atom. The van der Waals surface area contributed by atoms with Crippen LogP contribution < -0.4 is 25.4 Å². The van der Waals surface area contributed by atoms with Gasteiger partial charge in [-0.2, -0.15) is 0 Å². The number of anilines is 1. The van der Waals surface area contributed by atoms with Gasteiger partial charge >= 0.3 is 0 Å². The van der Waals surface area contributed by atoms with Crippen molar-refractivity contribution < 1.29 is 19.1 Å². The number of likely N-dealkylation sites (N-methyl/N-ethyl adjacent to an activating group) is 1. The molecule has 138 valence electrons. The van der Waals surface area contributed by atoms with Gasteiger partial charge in [-0.25, -0.2) is 0 Å². The zero-order chi connectivity index (χ0) is 18.9. The molecule has 2 aromatic carbocycles. The van der Waals surface area contributed by atoms with E-state index in [0.717, 1.165) is 0 Å². The van der Waals surface area contributed by atoms with Gasteiger partial charge in [0.15, 0.2) is 11.5 Å². The van der Waals surface area contributed by atoms with Gasteiger partial charge in [-0.05, 0) is 25.2 Å². The highest BCUT2D eigenvalue weighted by Crippen LogP contribution is 2.33. The van der Waals surface area contributed by atoms with E-state index in [1.807, 2.05) is 6.07 Å². The molecule has 0 spiro atoms. The Bertz CT molecular complexity index is 763. The van der Waals surface area contributed by atoms with E-state index < -0.39 is 0 Å². The predicted molar refractivity (Wildman–Crippen MR) is 100 cm³/mol. The normalized spacial score (nSPS) is 10.1. The average Bonchev–Trinajstić information content (AvgIpc) is 2.68. The summed E-state index contributed by atoms with van der Waals surface area (Å²) in [6.45, 7) is 1.08. The number of carbonyl (C=O) groups is 2. The molecule has 2 amide bonds. The van der Waals surface area contributed by atoms with Crippen LogP contribution in [0.15, 0.2) is 42.5 Å². The third-order valence-electron chi connectivity index (χ3n) is 3.71. The lowest BCUT2D eigenvalue weighted by molar-refractivity contribution is 0.0954. The van der Waals surface area contributed by atoms with Crippen LogP contribution in [-0.2, 0) is 0 Å². The Kier molecular flexibility index (Phi) is 6.99. The van der Waals surface area contributed by atoms with Crippen molar-refractivity contribution in [2.75, 3.05) is 39.7 Å². The van der Waals surface area contributed by atoms with Gasteiger partial charge in [0.1, 0.15) is 0 Å². The van der Waals surface area contributed by atoms with Crippen molar-refractivity contribution in [3.05, 3.63) is 53.6 Å². The third-order valence-corrected chi connectivity index (χ3v) is 3.71. The number of rotatable bonds is 8. The SMILES string of the molecule is CNCCNC(=O)c1cc(OC)c(OC)cc1NC(=O)c1ccccc1. The Labute approximate surface area is 152 Å². The molecule has 26 heavy (non-hydrogen) atoms. The van der Waals surface area contributed by atoms with Gasteiger partial charge < -0.3 is 25.4 Å². The molecule has 7 nitrogen and oxygen atoms in total. The fraction of sp³-hybridized carbons (Fsp3) is 0.263. The number of hydrogen-bond donors (Lipinski definition) is 3. The van der Waals surface area contributed by atoms with Crippen molar-refractivity contribution in [2.24, 2.45) is 0 Å². The topological polar surface area (TPSA) is 88.7 Å². The van der Waals surface area contributed by atoms with Crippen LogP contribution in [0.4, 0.5) is 5.69 Å². The van der Waals surface area contributed by atoms with E-state index in [2.05, 4.69) is 16.0 Å². The maximum atomic E-state index is 12.5. The number of hydrogen-bond acceptors (Lipinski definition) is 5. The van der Waals surface area contributed by atoms with Gasteiger partial charge in [0, 0.05) is 24.7 Å². The standard InChI is InChI=1S/C19H23N3O4/c1-20-9-10-21-19(24)14-11-16(25-2)17(26-3)12-15(14)22-18(23)13-7-5-4-6-8-13/h4-8,11-12,20H,9-10H2,1-3H3,(H,21,24)(H,22,23). The van der Waals surface area contributed by atoms with E-state index in [1.165, 1.54) is 14.2 Å². The molecule has 3 N–H and O–H groups in total. The van der Waals surface area contributed by atoms with E-state index in [9.17, 15) is 9.59 Å². The Balaban J connectivity index is 2.34. The molecule has 0 aromatic heterocycles. The van der Waals surface area contributed by atoms with Crippen LogP contribution in [0.3, 0.4) is 0 Å². The maximum absolute atomic E-state index is 12.5. The monoisotopic (exact) mass is 357 g/mol. The second kappa shape index (κ2) is 9.43. The lowest BCUT2D eigenvalue weighted by Crippen LogP contribution is -2.31. The lowest BCUT2D eigenvalue weighted by Gasteiger charge is -2.16. The zero-order valence-corrected chi connectivity index (χ0v) is 15.1. The summed E-state index contributed by atoms with van der Waals surface area (Å²) < 4.78 is 10.5. The molecule has 7 heteroatoms. The van der Waals surface area contributed by atoms with Gasteiger partial charge in [-0.3, -0.25) is 9.59 Å². The Hall–Kier alpha value is -3.06. The molecule has 0 bridgehead atoms. The molecule has 0 saturated carbocycles. The molecule has 0 heterocycles. The van der Waals surface area contributed by atoms with Gasteiger partial charge in [0.05, 0.1) is 25.5 Å². The number of amides is 2. The smallest absolute Gasteiger partial charge is 0.255 e. The summed E-state index contributed by atoms with van der Waals surface area (Å²) in [6, 6.07) is 11.9. The first-order chi connectivity index (χ1) is 12.6. The fourth-order valence-corrected chi connectivity index (χ4v) is 2.35. The number of benzene rings is 2. The van der Waals surface area contributed by atoms with E-state index in [-0.39, 0.29) is 11.8 Å². The number of carbonyl (C=O) groups excluding carboxylic acids is 2. The maximum Gasteiger partial charge on any atom is 0.255 e. The molecular weight excluding hydrogens is 334 g/mol. The minimum atomic E-state index is -0.318. The summed E-state index contributed by atoms with van der Waals surface area (Å²) >= 11 is 0. The van der Waals surface area contributed by atoms with Crippen molar-refractivity contribution in [3.8, 4) is 11.5 Å². The van der Waals surface area contributed by atoms with Crippen LogP contribution in [0.1, 0.15) is 20.7 Å². The second-order valence-electron chi connectivity index (χ2n) is 5.43. The van der Waals surface area contributed by atoms with E-state index in [0.29, 0.717) is 41.4 Å². The van der Waals surface area contributed by atoms with E-state index in [4.69, 9.17) is 9.47 Å². The lowest BCUT2D eigenvalue weighted by atomic mass is 10.1. The van der Waals surface area contributed by atoms with Crippen molar-refractivity contribution >= 4 is 17.5 Å². The first-order valence-electron chi connectivity index (χ1n) is 8.16. The van der Waals surface area contributed by atoms with Crippen molar-refractivity contribution in [3.63, 3.8) is 0 Å². The van der Waals surface area contributed by atoms with Gasteiger partial charge in [0.2, 0.25) is 0 Å². The molecule has 0 unspecified atom stereocenters. The number of ether oxygens (including phenoxy) is 2. The summed E-state index contributed by atoms with van der Waals surface area (Å²) in [5, 5.41) is 8.52. The van der Waals surface area contributed by atoms with Crippen LogP contribution in [-0.4, -0.2) is 46.2 Å². The molecule has 0 atom stereocenters. The number of nitrogens with one attached hydrogen (secondary N) is 3. The molecule has 0 aliphatic rings. The molecule has 0 aliphatic carbocycles. The summed E-state index contributed by atoms with van der Waals surface area (Å²) in [6.07, 6.45) is 0. The summed E-state index contributed by atoms with van der Waals surface area (Å²) in [7, 11) is 4.78. The van der Waals surface area contributed by atoms with Crippen molar-refractivity contribution in [2.45, 2.75) is 0 Å². The van der Waals surface area contributed by atoms with Crippen LogP contribution in [0.25, 0.3) is 0 Å². The van der Waals surface area contributed by atoms with Crippen LogP contribution in [0, 0.1) is 0 Å². The molecular formula is C19H23N3O4. The van der Waals surface area contributed by atoms with E-state index >= 15 is 0 Å². The first-order valence-corrected chi connectivity index (χ1v) is 8.16. The Morgan fingerprint density at radius 2 is 1.58 bits per heavy atom. The highest BCUT2D eigenvalue weighted by Gasteiger charge is 2.19. The predicted octanol–water partition coefficient (Wildman–Crippen LogP) is 1.91. The Morgan fingerprint density at radius 3 is 2.19 bits per heavy atom. The largest absolute Gasteiger partial charge is 0.493 e. The molecule has 0 radical (unpaired) electrons. The summed E-state index contributed by atoms with van der Waals surface area (Å²) in [5.74, 6) is 0.193. The minimum absolute atomic E-state index is 0.294. The van der Waals surface area contributed by atoms with Crippen molar-refractivity contribution in [1.29, 1.82) is 0 Å². The zero-order valence-electron chi connectivity index (χ0n) is 15.1. The van der Waals surface area contributed by atoms with E-state index in [1.54, 1.807) is 43.4 Å². The van der Waals surface area contributed by atoms with Crippen LogP contribution in [0.2, 0.25) is 0 Å². The molecule has 2 aromatic rings. The molecule has 0 saturated heterocycles. The highest BCUT2D eigenvalue weighted by molar-refractivity contribution is 6.09. The average molecular weight is 357 g/mol. The first kappa shape index (κ1) is 19.3. The van der Waals surface area contributed by atoms with Crippen LogP contribution in [0.5, 0.6) is 11.5 Å². The fourth-order valence-electron chi connectivity index (χ4n) is 2.35. The minimum Gasteiger partial charge on any atom is -0.493 e. The molecule has 2 rings (SSSR count). The van der Waals surface area contributed by atoms with Gasteiger partial charge in [-0.15, -0.1) is 0 Å². The summed E-state index contributed by atoms with van der Waals surface area (Å²) in [5.41, 5.74) is 1.13. The van der Waals surface area contributed by atoms with Crippen LogP contribution >= 0.6 is 0 Å². The third kappa shape index (κ3) is 4.73. The van der Waals surface area contributed by atoms with Gasteiger partial charge in [0.25, 0.3) is 11.8 Å². The number of methoxy groups -OCH3 is 2. The second-order valence-corrected chi connectivity index (χ2v) is 5.43.